The Kier molecular flexibility index (Phi) is 6.60. The highest BCUT2D eigenvalue weighted by Crippen LogP contribution is 2.48. The van der Waals surface area contributed by atoms with Crippen LogP contribution >= 0.6 is 7.60 Å². The molecule has 0 aliphatic rings. The molecule has 0 saturated carbocycles. The number of hydrogen-bond acceptors (Lipinski definition) is 3. The zero-order valence-corrected chi connectivity index (χ0v) is 11.9. The molecule has 1 aromatic carbocycles. The lowest BCUT2D eigenvalue weighted by Gasteiger charge is -2.22. The maximum Gasteiger partial charge on any atom is 0.398 e. The Balaban J connectivity index is 2.69. The number of hydrogen-bond donors (Lipinski definition) is 2. The third kappa shape index (κ3) is 5.45. The van der Waals surface area contributed by atoms with E-state index in [-0.39, 0.29) is 0 Å². The zero-order valence-electron chi connectivity index (χ0n) is 11.0. The van der Waals surface area contributed by atoms with Gasteiger partial charge in [-0.05, 0) is 18.6 Å². The Morgan fingerprint density at radius 3 is 2.63 bits per heavy atom. The molecule has 0 aliphatic carbocycles. The number of benzene rings is 1. The number of carbonyl (C=O) groups excluding carboxylic acids is 1. The summed E-state index contributed by atoms with van der Waals surface area (Å²) in [6, 6.07) is 8.43. The molecule has 0 saturated heterocycles. The van der Waals surface area contributed by atoms with Crippen LogP contribution < -0.4 is 9.84 Å². The van der Waals surface area contributed by atoms with Gasteiger partial charge in [-0.15, -0.1) is 0 Å². The van der Waals surface area contributed by atoms with E-state index in [1.807, 2.05) is 6.92 Å². The Morgan fingerprint density at radius 2 is 2.05 bits per heavy atom. The van der Waals surface area contributed by atoms with Gasteiger partial charge in [0.25, 0.3) is 0 Å². The smallest absolute Gasteiger partial charge is 0.398 e. The molecule has 0 fully saturated rings. The SMILES string of the molecule is CCCCCC(NC=O)P(=O)(O)Oc1ccccc1. The number of amides is 1. The largest absolute Gasteiger partial charge is 0.423 e. The predicted molar refractivity (Wildman–Crippen MR) is 74.0 cm³/mol. The van der Waals surface area contributed by atoms with E-state index in [4.69, 9.17) is 4.52 Å². The highest BCUT2D eigenvalue weighted by molar-refractivity contribution is 7.54. The molecular formula is C13H20NO4P. The minimum atomic E-state index is -3.92. The quantitative estimate of drug-likeness (QED) is 0.415. The minimum absolute atomic E-state index is 0.321. The van der Waals surface area contributed by atoms with Crippen molar-refractivity contribution in [3.05, 3.63) is 30.3 Å². The fourth-order valence-corrected chi connectivity index (χ4v) is 3.01. The Labute approximate surface area is 113 Å². The van der Waals surface area contributed by atoms with Gasteiger partial charge in [0.15, 0.2) is 0 Å². The summed E-state index contributed by atoms with van der Waals surface area (Å²) in [5.74, 6) is -0.543. The summed E-state index contributed by atoms with van der Waals surface area (Å²) in [5.41, 5.74) is 0. The molecular weight excluding hydrogens is 265 g/mol. The van der Waals surface area contributed by atoms with Gasteiger partial charge in [0, 0.05) is 0 Å². The topological polar surface area (TPSA) is 75.6 Å². The van der Waals surface area contributed by atoms with Gasteiger partial charge >= 0.3 is 7.60 Å². The summed E-state index contributed by atoms with van der Waals surface area (Å²) in [6.45, 7) is 2.04. The maximum absolute atomic E-state index is 12.2. The minimum Gasteiger partial charge on any atom is -0.423 e. The lowest BCUT2D eigenvalue weighted by atomic mass is 10.2. The van der Waals surface area contributed by atoms with E-state index in [1.54, 1.807) is 30.3 Å². The van der Waals surface area contributed by atoms with Crippen molar-refractivity contribution in [1.29, 1.82) is 0 Å². The fraction of sp³-hybridized carbons (Fsp3) is 0.462. The van der Waals surface area contributed by atoms with Crippen LogP contribution in [0.25, 0.3) is 0 Å². The highest BCUT2D eigenvalue weighted by atomic mass is 31.2. The molecule has 2 unspecified atom stereocenters. The third-order valence-electron chi connectivity index (χ3n) is 2.71. The molecule has 0 bridgehead atoms. The van der Waals surface area contributed by atoms with Crippen molar-refractivity contribution >= 4 is 14.0 Å². The van der Waals surface area contributed by atoms with Gasteiger partial charge in [0.1, 0.15) is 11.5 Å². The summed E-state index contributed by atoms with van der Waals surface area (Å²) < 4.78 is 17.3. The van der Waals surface area contributed by atoms with Gasteiger partial charge in [-0.3, -0.25) is 4.79 Å². The summed E-state index contributed by atoms with van der Waals surface area (Å²) in [4.78, 5) is 20.5. The molecule has 0 spiro atoms. The van der Waals surface area contributed by atoms with Gasteiger partial charge in [-0.25, -0.2) is 4.57 Å². The summed E-state index contributed by atoms with van der Waals surface area (Å²) in [6.07, 6.45) is 3.58. The molecule has 19 heavy (non-hydrogen) atoms. The number of para-hydroxylation sites is 1. The van der Waals surface area contributed by atoms with Crippen LogP contribution in [0.15, 0.2) is 30.3 Å². The van der Waals surface area contributed by atoms with E-state index in [2.05, 4.69) is 5.32 Å². The Morgan fingerprint density at radius 1 is 1.37 bits per heavy atom. The number of carbonyl (C=O) groups is 1. The first-order valence-electron chi connectivity index (χ1n) is 6.37. The molecule has 1 amide bonds. The van der Waals surface area contributed by atoms with E-state index in [9.17, 15) is 14.3 Å². The number of nitrogens with one attached hydrogen (secondary N) is 1. The molecule has 0 radical (unpaired) electrons. The van der Waals surface area contributed by atoms with Crippen LogP contribution in [0.4, 0.5) is 0 Å². The second kappa shape index (κ2) is 7.97. The van der Waals surface area contributed by atoms with Crippen LogP contribution in [0.1, 0.15) is 32.6 Å². The van der Waals surface area contributed by atoms with E-state index in [1.165, 1.54) is 0 Å². The standard InChI is InChI=1S/C13H20NO4P/c1-2-3-5-10-13(14-11-15)19(16,17)18-12-8-6-4-7-9-12/h4,6-9,11,13H,2-3,5,10H2,1H3,(H,14,15)(H,16,17). The first kappa shape index (κ1) is 15.7. The second-order valence-electron chi connectivity index (χ2n) is 4.26. The molecule has 0 aliphatic heterocycles. The molecule has 1 rings (SSSR count). The maximum atomic E-state index is 12.2. The average molecular weight is 285 g/mol. The lowest BCUT2D eigenvalue weighted by molar-refractivity contribution is -0.109. The van der Waals surface area contributed by atoms with Crippen LogP contribution in [0.5, 0.6) is 5.75 Å². The summed E-state index contributed by atoms with van der Waals surface area (Å²) >= 11 is 0. The summed E-state index contributed by atoms with van der Waals surface area (Å²) in [7, 11) is -3.92. The van der Waals surface area contributed by atoms with E-state index in [0.717, 1.165) is 19.3 Å². The van der Waals surface area contributed by atoms with Gasteiger partial charge in [-0.2, -0.15) is 0 Å². The van der Waals surface area contributed by atoms with Crippen LogP contribution in [-0.2, 0) is 9.36 Å². The van der Waals surface area contributed by atoms with E-state index >= 15 is 0 Å². The van der Waals surface area contributed by atoms with Gasteiger partial charge in [-0.1, -0.05) is 44.4 Å². The summed E-state index contributed by atoms with van der Waals surface area (Å²) in [5, 5.41) is 2.38. The molecule has 5 nitrogen and oxygen atoms in total. The van der Waals surface area contributed by atoms with Crippen LogP contribution in [0, 0.1) is 0 Å². The molecule has 1 aromatic rings. The monoisotopic (exact) mass is 285 g/mol. The van der Waals surface area contributed by atoms with Crippen molar-refractivity contribution in [3.8, 4) is 5.75 Å². The van der Waals surface area contributed by atoms with Crippen molar-refractivity contribution in [3.63, 3.8) is 0 Å². The molecule has 2 N–H and O–H groups in total. The first-order valence-corrected chi connectivity index (χ1v) is 8.01. The van der Waals surface area contributed by atoms with Crippen molar-refractivity contribution < 1.29 is 18.8 Å². The third-order valence-corrected chi connectivity index (χ3v) is 4.38. The molecule has 0 aromatic heterocycles. The Bertz CT molecular complexity index is 424. The van der Waals surface area contributed by atoms with Crippen molar-refractivity contribution in [2.75, 3.05) is 0 Å². The van der Waals surface area contributed by atoms with Gasteiger partial charge in [0.05, 0.1) is 0 Å². The van der Waals surface area contributed by atoms with Gasteiger partial charge < -0.3 is 14.7 Å². The van der Waals surface area contributed by atoms with Crippen LogP contribution in [0.3, 0.4) is 0 Å². The van der Waals surface area contributed by atoms with E-state index in [0.29, 0.717) is 18.6 Å². The molecule has 2 atom stereocenters. The highest BCUT2D eigenvalue weighted by Gasteiger charge is 2.33. The normalized spacial score (nSPS) is 15.3. The van der Waals surface area contributed by atoms with E-state index < -0.39 is 13.4 Å². The van der Waals surface area contributed by atoms with Crippen molar-refractivity contribution in [2.45, 2.75) is 38.4 Å². The zero-order chi connectivity index (χ0) is 14.1. The Hall–Kier alpha value is -1.32. The number of unbranched alkanes of at least 4 members (excludes halogenated alkanes) is 2. The number of rotatable bonds is 9. The lowest BCUT2D eigenvalue weighted by Crippen LogP contribution is -2.29. The second-order valence-corrected chi connectivity index (χ2v) is 6.20. The van der Waals surface area contributed by atoms with Crippen molar-refractivity contribution in [1.82, 2.24) is 5.32 Å². The molecule has 6 heteroatoms. The van der Waals surface area contributed by atoms with Gasteiger partial charge in [0.2, 0.25) is 6.41 Å². The predicted octanol–water partition coefficient (Wildman–Crippen LogP) is 2.90. The molecule has 106 valence electrons. The molecule has 0 heterocycles. The van der Waals surface area contributed by atoms with Crippen LogP contribution in [0.2, 0.25) is 0 Å². The first-order chi connectivity index (χ1) is 9.10. The fourth-order valence-electron chi connectivity index (χ4n) is 1.70. The van der Waals surface area contributed by atoms with Crippen molar-refractivity contribution in [2.24, 2.45) is 0 Å². The van der Waals surface area contributed by atoms with Crippen LogP contribution in [-0.4, -0.2) is 17.1 Å². The average Bonchev–Trinajstić information content (AvgIpc) is 2.38.